The van der Waals surface area contributed by atoms with Crippen molar-refractivity contribution in [1.29, 1.82) is 0 Å². The summed E-state index contributed by atoms with van der Waals surface area (Å²) in [5.41, 5.74) is 0. The SMILES string of the molecule is CN(C)C(=S)OCl. The van der Waals surface area contributed by atoms with E-state index in [1.54, 1.807) is 19.0 Å². The van der Waals surface area contributed by atoms with E-state index in [-0.39, 0.29) is 5.17 Å². The fourth-order valence-electron chi connectivity index (χ4n) is 0.0690. The van der Waals surface area contributed by atoms with Gasteiger partial charge < -0.3 is 9.19 Å². The average Bonchev–Trinajstić information content (AvgIpc) is 1.65. The van der Waals surface area contributed by atoms with Crippen molar-refractivity contribution in [1.82, 2.24) is 4.90 Å². The van der Waals surface area contributed by atoms with Gasteiger partial charge in [-0.05, 0) is 12.2 Å². The summed E-state index contributed by atoms with van der Waals surface area (Å²) < 4.78 is 4.14. The first kappa shape index (κ1) is 6.98. The quantitative estimate of drug-likeness (QED) is 0.465. The van der Waals surface area contributed by atoms with Crippen molar-refractivity contribution in [3.8, 4) is 0 Å². The van der Waals surface area contributed by atoms with Gasteiger partial charge in [0.15, 0.2) is 0 Å². The van der Waals surface area contributed by atoms with Gasteiger partial charge in [-0.1, -0.05) is 0 Å². The van der Waals surface area contributed by atoms with Crippen LogP contribution in [0.5, 0.6) is 0 Å². The van der Waals surface area contributed by atoms with Crippen molar-refractivity contribution in [3.05, 3.63) is 0 Å². The molecule has 0 unspecified atom stereocenters. The number of hydrogen-bond donors (Lipinski definition) is 0. The molecule has 2 nitrogen and oxygen atoms in total. The van der Waals surface area contributed by atoms with E-state index in [1.165, 1.54) is 0 Å². The van der Waals surface area contributed by atoms with Gasteiger partial charge in [-0.15, -0.1) is 0 Å². The smallest absolute Gasteiger partial charge is 0.279 e. The second-order valence-corrected chi connectivity index (χ2v) is 1.74. The topological polar surface area (TPSA) is 12.5 Å². The summed E-state index contributed by atoms with van der Waals surface area (Å²) in [6.07, 6.45) is 0. The van der Waals surface area contributed by atoms with Gasteiger partial charge in [-0.25, -0.2) is 0 Å². The van der Waals surface area contributed by atoms with Gasteiger partial charge in [0, 0.05) is 14.1 Å². The summed E-state index contributed by atoms with van der Waals surface area (Å²) in [6.45, 7) is 0. The first-order chi connectivity index (χ1) is 3.18. The van der Waals surface area contributed by atoms with Crippen LogP contribution in [0.3, 0.4) is 0 Å². The third kappa shape index (κ3) is 2.65. The highest BCUT2D eigenvalue weighted by atomic mass is 35.5. The lowest BCUT2D eigenvalue weighted by Crippen LogP contribution is -2.18. The molecule has 0 fully saturated rings. The first-order valence-electron chi connectivity index (χ1n) is 1.68. The van der Waals surface area contributed by atoms with Gasteiger partial charge in [-0.2, -0.15) is 0 Å². The summed E-state index contributed by atoms with van der Waals surface area (Å²) in [4.78, 5) is 1.60. The molecular weight excluding hydrogens is 134 g/mol. The molecule has 0 aromatic rings. The van der Waals surface area contributed by atoms with E-state index in [2.05, 4.69) is 16.5 Å². The van der Waals surface area contributed by atoms with Crippen molar-refractivity contribution < 1.29 is 4.29 Å². The van der Waals surface area contributed by atoms with Crippen molar-refractivity contribution >= 4 is 29.3 Å². The summed E-state index contributed by atoms with van der Waals surface area (Å²) in [5.74, 6) is 0. The lowest BCUT2D eigenvalue weighted by atomic mass is 10.9. The highest BCUT2D eigenvalue weighted by molar-refractivity contribution is 7.80. The van der Waals surface area contributed by atoms with Crippen LogP contribution in [0.15, 0.2) is 0 Å². The molecule has 0 aliphatic carbocycles. The van der Waals surface area contributed by atoms with Crippen LogP contribution in [0, 0.1) is 0 Å². The molecule has 4 heteroatoms. The Kier molecular flexibility index (Phi) is 3.04. The third-order valence-electron chi connectivity index (χ3n) is 0.431. The molecule has 0 rings (SSSR count). The molecule has 0 aliphatic heterocycles. The van der Waals surface area contributed by atoms with Crippen LogP contribution in [0.1, 0.15) is 0 Å². The van der Waals surface area contributed by atoms with E-state index >= 15 is 0 Å². The van der Waals surface area contributed by atoms with Crippen molar-refractivity contribution in [3.63, 3.8) is 0 Å². The summed E-state index contributed by atoms with van der Waals surface area (Å²) in [7, 11) is 3.51. The molecular formula is C3H6ClNOS. The predicted octanol–water partition coefficient (Wildman–Crippen LogP) is 1.00. The molecule has 0 N–H and O–H groups in total. The van der Waals surface area contributed by atoms with Crippen molar-refractivity contribution in [2.75, 3.05) is 14.1 Å². The molecule has 7 heavy (non-hydrogen) atoms. The molecule has 0 aliphatic rings. The summed E-state index contributed by atoms with van der Waals surface area (Å²) >= 11 is 9.42. The van der Waals surface area contributed by atoms with E-state index < -0.39 is 0 Å². The maximum absolute atomic E-state index is 4.86. The zero-order chi connectivity index (χ0) is 5.86. The number of hydrogen-bond acceptors (Lipinski definition) is 2. The van der Waals surface area contributed by atoms with Gasteiger partial charge >= 0.3 is 0 Å². The van der Waals surface area contributed by atoms with Crippen LogP contribution in [-0.4, -0.2) is 24.2 Å². The summed E-state index contributed by atoms with van der Waals surface area (Å²) in [5, 5.41) is 0.279. The van der Waals surface area contributed by atoms with Gasteiger partial charge in [0.25, 0.3) is 5.17 Å². The zero-order valence-corrected chi connectivity index (χ0v) is 5.71. The maximum atomic E-state index is 4.86. The molecule has 0 aromatic heterocycles. The normalized spacial score (nSPS) is 7.86. The minimum absolute atomic E-state index is 0.279. The Bertz CT molecular complexity index is 75.3. The van der Waals surface area contributed by atoms with E-state index in [9.17, 15) is 0 Å². The standard InChI is InChI=1S/C3H6ClNOS/c1-5(2)3(7)6-4/h1-2H3. The lowest BCUT2D eigenvalue weighted by molar-refractivity contribution is 0.479. The van der Waals surface area contributed by atoms with E-state index in [4.69, 9.17) is 11.9 Å². The predicted molar refractivity (Wildman–Crippen MR) is 33.2 cm³/mol. The number of rotatable bonds is 0. The van der Waals surface area contributed by atoms with Crippen LogP contribution in [0.2, 0.25) is 0 Å². The highest BCUT2D eigenvalue weighted by Gasteiger charge is 1.93. The average molecular weight is 140 g/mol. The molecule has 0 saturated heterocycles. The first-order valence-corrected chi connectivity index (χ1v) is 2.40. The molecule has 0 spiro atoms. The molecule has 0 bridgehead atoms. The molecule has 0 amide bonds. The van der Waals surface area contributed by atoms with E-state index in [1.807, 2.05) is 0 Å². The minimum atomic E-state index is 0.279. The van der Waals surface area contributed by atoms with Crippen LogP contribution in [0.25, 0.3) is 0 Å². The summed E-state index contributed by atoms with van der Waals surface area (Å²) in [6, 6.07) is 0. The molecule has 0 saturated carbocycles. The zero-order valence-electron chi connectivity index (χ0n) is 4.14. The Balaban J connectivity index is 3.35. The van der Waals surface area contributed by atoms with Crippen molar-refractivity contribution in [2.45, 2.75) is 0 Å². The maximum Gasteiger partial charge on any atom is 0.279 e. The number of halogens is 1. The van der Waals surface area contributed by atoms with Crippen molar-refractivity contribution in [2.24, 2.45) is 0 Å². The van der Waals surface area contributed by atoms with Crippen LogP contribution in [-0.2, 0) is 4.29 Å². The second kappa shape index (κ2) is 3.04. The number of nitrogens with zero attached hydrogens (tertiary/aromatic N) is 1. The Morgan fingerprint density at radius 1 is 1.71 bits per heavy atom. The Labute approximate surface area is 53.2 Å². The van der Waals surface area contributed by atoms with Crippen LogP contribution in [0.4, 0.5) is 0 Å². The van der Waals surface area contributed by atoms with Crippen LogP contribution >= 0.6 is 24.1 Å². The van der Waals surface area contributed by atoms with Gasteiger partial charge in [0.1, 0.15) is 11.9 Å². The fraction of sp³-hybridized carbons (Fsp3) is 0.667. The van der Waals surface area contributed by atoms with Gasteiger partial charge in [-0.3, -0.25) is 0 Å². The molecule has 42 valence electrons. The van der Waals surface area contributed by atoms with Gasteiger partial charge in [0.05, 0.1) is 0 Å². The Morgan fingerprint density at radius 3 is 2.14 bits per heavy atom. The Morgan fingerprint density at radius 2 is 2.14 bits per heavy atom. The highest BCUT2D eigenvalue weighted by Crippen LogP contribution is 1.87. The van der Waals surface area contributed by atoms with Crippen LogP contribution < -0.4 is 0 Å². The Hall–Kier alpha value is -0.0200. The second-order valence-electron chi connectivity index (χ2n) is 1.24. The molecule has 0 radical (unpaired) electrons. The molecule has 0 aromatic carbocycles. The number of thiocarbonyl (C=S) groups is 1. The monoisotopic (exact) mass is 139 g/mol. The fourth-order valence-corrected chi connectivity index (χ4v) is 0.207. The van der Waals surface area contributed by atoms with E-state index in [0.29, 0.717) is 0 Å². The van der Waals surface area contributed by atoms with Gasteiger partial charge in [0.2, 0.25) is 0 Å². The lowest BCUT2D eigenvalue weighted by Gasteiger charge is -2.07. The molecule has 0 heterocycles. The minimum Gasteiger partial charge on any atom is -0.355 e. The van der Waals surface area contributed by atoms with E-state index in [0.717, 1.165) is 0 Å². The third-order valence-corrected chi connectivity index (χ3v) is 1.12. The molecule has 0 atom stereocenters. The largest absolute Gasteiger partial charge is 0.355 e.